The minimum absolute atomic E-state index is 0.0216. The van der Waals surface area contributed by atoms with Gasteiger partial charge in [-0.05, 0) is 36.0 Å². The number of aliphatic hydroxyl groups excluding tert-OH is 2. The Morgan fingerprint density at radius 2 is 1.08 bits per heavy atom. The maximum atomic E-state index is 13.7. The monoisotopic (exact) mass is 730 g/mol. The first-order valence-corrected chi connectivity index (χ1v) is 17.3. The molecule has 15 nitrogen and oxygen atoms in total. The number of benzene rings is 3. The molecule has 3 aromatic rings. The predicted molar refractivity (Wildman–Crippen MR) is 193 cm³/mol. The number of carboxylic acids is 1. The number of likely N-dealkylation sites (tertiary alicyclic amines) is 1. The van der Waals surface area contributed by atoms with Gasteiger partial charge in [-0.2, -0.15) is 0 Å². The fourth-order valence-corrected chi connectivity index (χ4v) is 6.04. The summed E-state index contributed by atoms with van der Waals surface area (Å²) in [6, 6.07) is 18.7. The molecule has 0 saturated carbocycles. The van der Waals surface area contributed by atoms with Crippen molar-refractivity contribution in [3.05, 3.63) is 108 Å². The second-order valence-corrected chi connectivity index (χ2v) is 12.8. The summed E-state index contributed by atoms with van der Waals surface area (Å²) in [5, 5.41) is 39.9. The van der Waals surface area contributed by atoms with Gasteiger partial charge in [-0.15, -0.1) is 0 Å². The van der Waals surface area contributed by atoms with Crippen molar-refractivity contribution in [3.63, 3.8) is 0 Å². The lowest BCUT2D eigenvalue weighted by atomic mass is 10.0. The molecule has 53 heavy (non-hydrogen) atoms. The lowest BCUT2D eigenvalue weighted by molar-refractivity contribution is -0.145. The summed E-state index contributed by atoms with van der Waals surface area (Å²) in [6.07, 6.45) is 0.792. The van der Waals surface area contributed by atoms with Crippen LogP contribution in [-0.2, 0) is 48.0 Å². The van der Waals surface area contributed by atoms with Crippen LogP contribution in [0.4, 0.5) is 0 Å². The number of carbonyl (C=O) groups is 6. The van der Waals surface area contributed by atoms with Crippen molar-refractivity contribution in [1.82, 2.24) is 26.2 Å². The topological polar surface area (TPSA) is 240 Å². The van der Waals surface area contributed by atoms with Gasteiger partial charge in [0.05, 0.1) is 19.3 Å². The third kappa shape index (κ3) is 11.7. The minimum Gasteiger partial charge on any atom is -0.480 e. The molecule has 0 unspecified atom stereocenters. The molecule has 1 aliphatic rings. The highest BCUT2D eigenvalue weighted by Gasteiger charge is 2.39. The second kappa shape index (κ2) is 19.8. The Morgan fingerprint density at radius 3 is 1.58 bits per heavy atom. The average Bonchev–Trinajstić information content (AvgIpc) is 3.66. The molecule has 282 valence electrons. The third-order valence-corrected chi connectivity index (χ3v) is 8.90. The van der Waals surface area contributed by atoms with Crippen LogP contribution in [-0.4, -0.2) is 112 Å². The van der Waals surface area contributed by atoms with E-state index in [1.807, 2.05) is 6.07 Å². The van der Waals surface area contributed by atoms with Crippen LogP contribution in [0.2, 0.25) is 0 Å². The van der Waals surface area contributed by atoms with Crippen molar-refractivity contribution in [1.29, 1.82) is 0 Å². The first-order chi connectivity index (χ1) is 25.5. The zero-order valence-corrected chi connectivity index (χ0v) is 29.1. The van der Waals surface area contributed by atoms with Gasteiger partial charge in [-0.1, -0.05) is 91.0 Å². The number of hydrogen-bond donors (Lipinski definition) is 8. The molecule has 0 radical (unpaired) electrons. The summed E-state index contributed by atoms with van der Waals surface area (Å²) in [6.45, 7) is -1.53. The molecule has 1 fully saturated rings. The van der Waals surface area contributed by atoms with Crippen LogP contribution in [0.15, 0.2) is 91.0 Å². The van der Waals surface area contributed by atoms with Gasteiger partial charge in [0.2, 0.25) is 29.5 Å². The number of amides is 5. The first-order valence-electron chi connectivity index (χ1n) is 17.3. The van der Waals surface area contributed by atoms with Crippen LogP contribution < -0.4 is 27.0 Å². The lowest BCUT2D eigenvalue weighted by Crippen LogP contribution is -2.60. The molecule has 0 bridgehead atoms. The highest BCUT2D eigenvalue weighted by atomic mass is 16.4. The summed E-state index contributed by atoms with van der Waals surface area (Å²) < 4.78 is 0. The Balaban J connectivity index is 1.43. The lowest BCUT2D eigenvalue weighted by Gasteiger charge is -2.30. The van der Waals surface area contributed by atoms with Crippen molar-refractivity contribution >= 4 is 35.5 Å². The summed E-state index contributed by atoms with van der Waals surface area (Å²) in [4.78, 5) is 80.1. The van der Waals surface area contributed by atoms with Gasteiger partial charge in [-0.3, -0.25) is 24.0 Å². The number of nitrogens with zero attached hydrogens (tertiary/aromatic N) is 1. The zero-order chi connectivity index (χ0) is 38.3. The molecule has 1 heterocycles. The standard InChI is InChI=1S/C38H46N6O9/c39-27(19-24-11-4-1-5-12-24)33(47)42-30(22-45)35(49)40-28(20-25-13-6-2-7-14-25)34(48)43-31(23-46)37(51)44-18-10-17-32(44)36(50)41-29(38(52)53)21-26-15-8-3-9-16-26/h1-9,11-16,27-32,45-46H,10,17-23,39H2,(H,40,49)(H,41,50)(H,42,47)(H,43,48)(H,52,53)/t27-,28-,29-,30-,31-,32-/m0/s1. The van der Waals surface area contributed by atoms with Crippen molar-refractivity contribution < 1.29 is 44.1 Å². The van der Waals surface area contributed by atoms with E-state index in [-0.39, 0.29) is 32.2 Å². The predicted octanol–water partition coefficient (Wildman–Crippen LogP) is -0.959. The molecule has 6 atom stereocenters. The Hall–Kier alpha value is -5.64. The summed E-state index contributed by atoms with van der Waals surface area (Å²) >= 11 is 0. The molecule has 0 spiro atoms. The van der Waals surface area contributed by atoms with E-state index in [4.69, 9.17) is 5.73 Å². The normalized spacial score (nSPS) is 16.7. The number of hydrogen-bond acceptors (Lipinski definition) is 9. The summed E-state index contributed by atoms with van der Waals surface area (Å²) in [5.74, 6) is -5.15. The van der Waals surface area contributed by atoms with Gasteiger partial charge < -0.3 is 47.2 Å². The van der Waals surface area contributed by atoms with Crippen LogP contribution in [0, 0.1) is 0 Å². The second-order valence-electron chi connectivity index (χ2n) is 12.8. The number of nitrogens with two attached hydrogens (primary N) is 1. The number of aliphatic hydroxyl groups is 2. The van der Waals surface area contributed by atoms with Gasteiger partial charge in [0.1, 0.15) is 30.2 Å². The van der Waals surface area contributed by atoms with E-state index < -0.39 is 85.0 Å². The van der Waals surface area contributed by atoms with E-state index in [2.05, 4.69) is 21.3 Å². The zero-order valence-electron chi connectivity index (χ0n) is 29.1. The first kappa shape index (κ1) is 40.1. The fourth-order valence-electron chi connectivity index (χ4n) is 6.04. The smallest absolute Gasteiger partial charge is 0.326 e. The van der Waals surface area contributed by atoms with Crippen LogP contribution in [0.5, 0.6) is 0 Å². The SMILES string of the molecule is N[C@@H](Cc1ccccc1)C(=O)N[C@@H](CO)C(=O)N[C@@H](Cc1ccccc1)C(=O)N[C@@H](CO)C(=O)N1CCC[C@H]1C(=O)N[C@@H](Cc1ccccc1)C(=O)O. The van der Waals surface area contributed by atoms with E-state index in [1.165, 1.54) is 4.90 Å². The molecule has 4 rings (SSSR count). The highest BCUT2D eigenvalue weighted by molar-refractivity contribution is 5.96. The molecule has 3 aromatic carbocycles. The fraction of sp³-hybridized carbons (Fsp3) is 0.368. The van der Waals surface area contributed by atoms with Crippen LogP contribution in [0.25, 0.3) is 0 Å². The van der Waals surface area contributed by atoms with E-state index in [1.54, 1.807) is 84.9 Å². The molecule has 15 heteroatoms. The number of carbonyl (C=O) groups excluding carboxylic acids is 5. The van der Waals surface area contributed by atoms with Gasteiger partial charge >= 0.3 is 5.97 Å². The Bertz CT molecular complexity index is 1700. The van der Waals surface area contributed by atoms with Gasteiger partial charge in [0.15, 0.2) is 0 Å². The number of carboxylic acid groups (broad SMARTS) is 1. The van der Waals surface area contributed by atoms with Crippen molar-refractivity contribution in [2.24, 2.45) is 5.73 Å². The molecule has 0 aromatic heterocycles. The quantitative estimate of drug-likeness (QED) is 0.0798. The Labute approximate surface area is 306 Å². The summed E-state index contributed by atoms with van der Waals surface area (Å²) in [7, 11) is 0. The van der Waals surface area contributed by atoms with Crippen molar-refractivity contribution in [3.8, 4) is 0 Å². The van der Waals surface area contributed by atoms with Crippen molar-refractivity contribution in [2.45, 2.75) is 68.4 Å². The van der Waals surface area contributed by atoms with Gasteiger partial charge in [0, 0.05) is 19.4 Å². The van der Waals surface area contributed by atoms with Crippen LogP contribution in [0.3, 0.4) is 0 Å². The van der Waals surface area contributed by atoms with E-state index >= 15 is 0 Å². The summed E-state index contributed by atoms with van der Waals surface area (Å²) in [5.41, 5.74) is 8.17. The van der Waals surface area contributed by atoms with E-state index in [9.17, 15) is 44.1 Å². The average molecular weight is 731 g/mol. The highest BCUT2D eigenvalue weighted by Crippen LogP contribution is 2.19. The third-order valence-electron chi connectivity index (χ3n) is 8.90. The number of rotatable bonds is 18. The molecule has 1 saturated heterocycles. The molecule has 0 aliphatic carbocycles. The van der Waals surface area contributed by atoms with Crippen molar-refractivity contribution in [2.75, 3.05) is 19.8 Å². The maximum absolute atomic E-state index is 13.7. The molecule has 1 aliphatic heterocycles. The van der Waals surface area contributed by atoms with Gasteiger partial charge in [-0.25, -0.2) is 4.79 Å². The van der Waals surface area contributed by atoms with Crippen LogP contribution in [0.1, 0.15) is 29.5 Å². The number of aliphatic carboxylic acids is 1. The number of nitrogens with one attached hydrogen (secondary N) is 4. The van der Waals surface area contributed by atoms with Gasteiger partial charge in [0.25, 0.3) is 0 Å². The Morgan fingerprint density at radius 1 is 0.623 bits per heavy atom. The Kier molecular flexibility index (Phi) is 15.0. The molecule has 5 amide bonds. The molecule has 9 N–H and O–H groups in total. The maximum Gasteiger partial charge on any atom is 0.326 e. The van der Waals surface area contributed by atoms with E-state index in [0.29, 0.717) is 17.5 Å². The minimum atomic E-state index is -1.52. The van der Waals surface area contributed by atoms with Crippen LogP contribution >= 0.6 is 0 Å². The van der Waals surface area contributed by atoms with E-state index in [0.717, 1.165) is 5.56 Å². The molecular weight excluding hydrogens is 684 g/mol. The molecular formula is C38H46N6O9. The largest absolute Gasteiger partial charge is 0.480 e.